The predicted octanol–water partition coefficient (Wildman–Crippen LogP) is 2.51. The van der Waals surface area contributed by atoms with Gasteiger partial charge in [-0.2, -0.15) is 0 Å². The molecule has 1 aromatic carbocycles. The molecule has 1 aliphatic heterocycles. The molecule has 132 valence electrons. The number of amides is 1. The summed E-state index contributed by atoms with van der Waals surface area (Å²) in [6, 6.07) is 8.68. The van der Waals surface area contributed by atoms with E-state index in [2.05, 4.69) is 15.2 Å². The first-order valence-corrected chi connectivity index (χ1v) is 8.37. The van der Waals surface area contributed by atoms with Crippen molar-refractivity contribution in [3.63, 3.8) is 0 Å². The van der Waals surface area contributed by atoms with Crippen LogP contribution in [0.4, 0.5) is 4.39 Å². The smallest absolute Gasteiger partial charge is 0.220 e. The Hall–Kier alpha value is -2.47. The van der Waals surface area contributed by atoms with Crippen LogP contribution in [0.3, 0.4) is 0 Å². The molecular formula is C19H22FN3O2. The summed E-state index contributed by atoms with van der Waals surface area (Å²) in [4.78, 5) is 17.8. The fraction of sp³-hybridized carbons (Fsp3) is 0.368. The quantitative estimate of drug-likeness (QED) is 0.839. The minimum absolute atomic E-state index is 0.105. The zero-order valence-electron chi connectivity index (χ0n) is 14.2. The maximum Gasteiger partial charge on any atom is 0.220 e. The first-order valence-electron chi connectivity index (χ1n) is 8.37. The molecule has 5 nitrogen and oxygen atoms in total. The second kappa shape index (κ2) is 8.07. The van der Waals surface area contributed by atoms with E-state index in [9.17, 15) is 9.18 Å². The highest BCUT2D eigenvalue weighted by Gasteiger charge is 2.23. The monoisotopic (exact) mass is 343 g/mol. The van der Waals surface area contributed by atoms with Crippen molar-refractivity contribution in [1.29, 1.82) is 0 Å². The summed E-state index contributed by atoms with van der Waals surface area (Å²) >= 11 is 0. The average Bonchev–Trinajstić information content (AvgIpc) is 3.02. The molecule has 0 unspecified atom stereocenters. The number of hydrogen-bond acceptors (Lipinski definition) is 4. The molecule has 1 amide bonds. The van der Waals surface area contributed by atoms with Gasteiger partial charge in [0.2, 0.25) is 5.91 Å². The number of halogens is 1. The van der Waals surface area contributed by atoms with Crippen LogP contribution in [0.5, 0.6) is 5.75 Å². The molecule has 1 saturated heterocycles. The Bertz CT molecular complexity index is 724. The lowest BCUT2D eigenvalue weighted by atomic mass is 10.1. The van der Waals surface area contributed by atoms with Gasteiger partial charge in [0, 0.05) is 56.1 Å². The third-order valence-corrected chi connectivity index (χ3v) is 4.36. The van der Waals surface area contributed by atoms with Crippen LogP contribution < -0.4 is 10.1 Å². The van der Waals surface area contributed by atoms with E-state index in [0.29, 0.717) is 18.7 Å². The summed E-state index contributed by atoms with van der Waals surface area (Å²) in [5.74, 6) is 0.327. The van der Waals surface area contributed by atoms with Gasteiger partial charge >= 0.3 is 0 Å². The van der Waals surface area contributed by atoms with Crippen LogP contribution in [-0.4, -0.2) is 35.5 Å². The van der Waals surface area contributed by atoms with Crippen LogP contribution >= 0.6 is 0 Å². The fourth-order valence-electron chi connectivity index (χ4n) is 3.15. The van der Waals surface area contributed by atoms with E-state index in [1.54, 1.807) is 25.6 Å². The molecule has 0 radical (unpaired) electrons. The Morgan fingerprint density at radius 3 is 2.76 bits per heavy atom. The number of methoxy groups -OCH3 is 1. The lowest BCUT2D eigenvalue weighted by Gasteiger charge is -2.26. The van der Waals surface area contributed by atoms with Crippen LogP contribution in [0.15, 0.2) is 42.7 Å². The predicted molar refractivity (Wildman–Crippen MR) is 92.5 cm³/mol. The van der Waals surface area contributed by atoms with E-state index < -0.39 is 0 Å². The molecule has 1 aliphatic rings. The van der Waals surface area contributed by atoms with E-state index in [0.717, 1.165) is 30.6 Å². The Kier molecular flexibility index (Phi) is 5.60. The SMILES string of the molecule is COc1cc(F)ccc1CN(Cc1ccncc1)C[C@@H]1CCC(=O)N1. The van der Waals surface area contributed by atoms with Crippen molar-refractivity contribution in [3.8, 4) is 5.75 Å². The number of ether oxygens (including phenoxy) is 1. The molecule has 0 aliphatic carbocycles. The average molecular weight is 343 g/mol. The van der Waals surface area contributed by atoms with Gasteiger partial charge < -0.3 is 10.1 Å². The molecule has 1 N–H and O–H groups in total. The first kappa shape index (κ1) is 17.4. The Morgan fingerprint density at radius 2 is 2.08 bits per heavy atom. The van der Waals surface area contributed by atoms with E-state index in [4.69, 9.17) is 4.74 Å². The highest BCUT2D eigenvalue weighted by molar-refractivity contribution is 5.78. The van der Waals surface area contributed by atoms with Crippen LogP contribution in [0, 0.1) is 5.82 Å². The van der Waals surface area contributed by atoms with Crippen molar-refractivity contribution >= 4 is 5.91 Å². The summed E-state index contributed by atoms with van der Waals surface area (Å²) in [5, 5.41) is 3.01. The number of aromatic nitrogens is 1. The fourth-order valence-corrected chi connectivity index (χ4v) is 3.15. The van der Waals surface area contributed by atoms with Gasteiger partial charge in [0.1, 0.15) is 11.6 Å². The maximum atomic E-state index is 13.4. The van der Waals surface area contributed by atoms with Crippen LogP contribution in [0.25, 0.3) is 0 Å². The number of nitrogens with one attached hydrogen (secondary N) is 1. The van der Waals surface area contributed by atoms with Gasteiger partial charge in [-0.25, -0.2) is 4.39 Å². The summed E-state index contributed by atoms with van der Waals surface area (Å²) in [5.41, 5.74) is 2.06. The molecule has 1 atom stereocenters. The number of rotatable bonds is 7. The van der Waals surface area contributed by atoms with Crippen LogP contribution in [-0.2, 0) is 17.9 Å². The van der Waals surface area contributed by atoms with Gasteiger partial charge in [-0.1, -0.05) is 6.07 Å². The molecule has 0 saturated carbocycles. The molecule has 1 aromatic heterocycles. The summed E-state index contributed by atoms with van der Waals surface area (Å²) < 4.78 is 18.8. The van der Waals surface area contributed by atoms with Crippen molar-refractivity contribution in [2.24, 2.45) is 0 Å². The van der Waals surface area contributed by atoms with E-state index in [1.165, 1.54) is 12.1 Å². The third kappa shape index (κ3) is 4.76. The Morgan fingerprint density at radius 1 is 1.28 bits per heavy atom. The van der Waals surface area contributed by atoms with Gasteiger partial charge in [-0.05, 0) is 30.2 Å². The van der Waals surface area contributed by atoms with Gasteiger partial charge in [-0.3, -0.25) is 14.7 Å². The second-order valence-corrected chi connectivity index (χ2v) is 6.28. The first-order chi connectivity index (χ1) is 12.1. The van der Waals surface area contributed by atoms with E-state index in [-0.39, 0.29) is 17.8 Å². The van der Waals surface area contributed by atoms with Crippen molar-refractivity contribution in [1.82, 2.24) is 15.2 Å². The molecule has 1 fully saturated rings. The van der Waals surface area contributed by atoms with E-state index >= 15 is 0 Å². The zero-order chi connectivity index (χ0) is 17.6. The lowest BCUT2D eigenvalue weighted by molar-refractivity contribution is -0.119. The number of carbonyl (C=O) groups excluding carboxylic acids is 1. The molecule has 25 heavy (non-hydrogen) atoms. The normalized spacial score (nSPS) is 16.9. The van der Waals surface area contributed by atoms with Crippen molar-refractivity contribution in [3.05, 3.63) is 59.7 Å². The molecule has 2 aromatic rings. The number of carbonyl (C=O) groups is 1. The zero-order valence-corrected chi connectivity index (χ0v) is 14.2. The van der Waals surface area contributed by atoms with Gasteiger partial charge in [-0.15, -0.1) is 0 Å². The van der Waals surface area contributed by atoms with Crippen molar-refractivity contribution in [2.75, 3.05) is 13.7 Å². The molecule has 6 heteroatoms. The van der Waals surface area contributed by atoms with Crippen molar-refractivity contribution in [2.45, 2.75) is 32.0 Å². The Labute approximate surface area is 146 Å². The standard InChI is InChI=1S/C19H22FN3O2/c1-25-18-10-16(20)3-2-15(18)12-23(11-14-6-8-21-9-7-14)13-17-4-5-19(24)22-17/h2-3,6-10,17H,4-5,11-13H2,1H3,(H,22,24)/t17-/m0/s1. The molecule has 0 spiro atoms. The summed E-state index contributed by atoms with van der Waals surface area (Å²) in [6.07, 6.45) is 4.95. The van der Waals surface area contributed by atoms with Crippen molar-refractivity contribution < 1.29 is 13.9 Å². The van der Waals surface area contributed by atoms with Gasteiger partial charge in [0.15, 0.2) is 0 Å². The minimum Gasteiger partial charge on any atom is -0.496 e. The number of nitrogens with zero attached hydrogens (tertiary/aromatic N) is 2. The largest absolute Gasteiger partial charge is 0.496 e. The highest BCUT2D eigenvalue weighted by Crippen LogP contribution is 2.23. The molecular weight excluding hydrogens is 321 g/mol. The summed E-state index contributed by atoms with van der Waals surface area (Å²) in [6.45, 7) is 2.06. The number of benzene rings is 1. The van der Waals surface area contributed by atoms with Crippen LogP contribution in [0.2, 0.25) is 0 Å². The van der Waals surface area contributed by atoms with E-state index in [1.807, 2.05) is 12.1 Å². The molecule has 3 rings (SSSR count). The van der Waals surface area contributed by atoms with Gasteiger partial charge in [0.25, 0.3) is 0 Å². The van der Waals surface area contributed by atoms with Gasteiger partial charge in [0.05, 0.1) is 7.11 Å². The topological polar surface area (TPSA) is 54.5 Å². The molecule has 0 bridgehead atoms. The molecule has 2 heterocycles. The lowest BCUT2D eigenvalue weighted by Crippen LogP contribution is -2.38. The second-order valence-electron chi connectivity index (χ2n) is 6.28. The number of pyridine rings is 1. The maximum absolute atomic E-state index is 13.4. The highest BCUT2D eigenvalue weighted by atomic mass is 19.1. The Balaban J connectivity index is 1.76. The summed E-state index contributed by atoms with van der Waals surface area (Å²) in [7, 11) is 1.54. The third-order valence-electron chi connectivity index (χ3n) is 4.36. The number of hydrogen-bond donors (Lipinski definition) is 1. The minimum atomic E-state index is -0.315. The van der Waals surface area contributed by atoms with Crippen LogP contribution in [0.1, 0.15) is 24.0 Å².